The molecule has 6 nitrogen and oxygen atoms in total. The Morgan fingerprint density at radius 2 is 1.79 bits per heavy atom. The molecule has 0 aliphatic heterocycles. The van der Waals surface area contributed by atoms with Crippen LogP contribution in [0.15, 0.2) is 42.6 Å². The summed E-state index contributed by atoms with van der Waals surface area (Å²) in [7, 11) is 0. The molecule has 19 heavy (non-hydrogen) atoms. The molecule has 6 heteroatoms. The predicted octanol–water partition coefficient (Wildman–Crippen LogP) is 1.61. The number of aromatic nitrogens is 4. The van der Waals surface area contributed by atoms with E-state index in [2.05, 4.69) is 25.5 Å². The zero-order valence-corrected chi connectivity index (χ0v) is 10.1. The number of nitrogens with zero attached hydrogens (tertiary/aromatic N) is 4. The lowest BCUT2D eigenvalue weighted by Crippen LogP contribution is -2.07. The van der Waals surface area contributed by atoms with Gasteiger partial charge in [0.05, 0.1) is 23.3 Å². The van der Waals surface area contributed by atoms with E-state index in [0.717, 1.165) is 16.7 Å². The number of fused-ring (bicyclic) bond motifs is 1. The van der Waals surface area contributed by atoms with E-state index in [1.165, 1.54) is 0 Å². The summed E-state index contributed by atoms with van der Waals surface area (Å²) >= 11 is 0. The topological polar surface area (TPSA) is 89.6 Å². The third kappa shape index (κ3) is 2.42. The number of nitrogen functional groups attached to an aromatic ring is 1. The van der Waals surface area contributed by atoms with Gasteiger partial charge in [-0.05, 0) is 24.3 Å². The average molecular weight is 252 g/mol. The molecule has 0 amide bonds. The van der Waals surface area contributed by atoms with Crippen molar-refractivity contribution in [1.82, 2.24) is 20.2 Å². The maximum Gasteiger partial charge on any atom is 0.169 e. The highest BCUT2D eigenvalue weighted by atomic mass is 15.1. The van der Waals surface area contributed by atoms with E-state index in [1.54, 1.807) is 6.20 Å². The van der Waals surface area contributed by atoms with Gasteiger partial charge in [-0.1, -0.05) is 12.1 Å². The van der Waals surface area contributed by atoms with Crippen molar-refractivity contribution in [3.8, 4) is 0 Å². The Morgan fingerprint density at radius 1 is 1.00 bits per heavy atom. The molecule has 0 aliphatic carbocycles. The third-order valence-corrected chi connectivity index (χ3v) is 2.66. The second-order valence-corrected chi connectivity index (χ2v) is 4.01. The molecule has 3 N–H and O–H groups in total. The van der Waals surface area contributed by atoms with Crippen molar-refractivity contribution in [3.63, 3.8) is 0 Å². The maximum absolute atomic E-state index is 5.88. The van der Waals surface area contributed by atoms with Gasteiger partial charge in [0.15, 0.2) is 11.6 Å². The molecular weight excluding hydrogens is 240 g/mol. The standard InChI is InChI=1S/C13H12N6/c14-12-13(15-8-9-4-3-7-16-19-9)18-11-6-2-1-5-10(11)17-12/h1-7H,8H2,(H2,14,17)(H,15,18). The van der Waals surface area contributed by atoms with Gasteiger partial charge >= 0.3 is 0 Å². The van der Waals surface area contributed by atoms with Crippen LogP contribution in [-0.2, 0) is 6.54 Å². The van der Waals surface area contributed by atoms with Crippen LogP contribution in [-0.4, -0.2) is 20.2 Å². The summed E-state index contributed by atoms with van der Waals surface area (Å²) in [6.45, 7) is 0.505. The molecule has 0 fully saturated rings. The highest BCUT2D eigenvalue weighted by Crippen LogP contribution is 2.18. The summed E-state index contributed by atoms with van der Waals surface area (Å²) in [4.78, 5) is 8.75. The van der Waals surface area contributed by atoms with E-state index in [0.29, 0.717) is 18.2 Å². The predicted molar refractivity (Wildman–Crippen MR) is 73.3 cm³/mol. The fraction of sp³-hybridized carbons (Fsp3) is 0.0769. The molecule has 0 bridgehead atoms. The van der Waals surface area contributed by atoms with Gasteiger partial charge in [-0.15, -0.1) is 0 Å². The fourth-order valence-electron chi connectivity index (χ4n) is 1.75. The quantitative estimate of drug-likeness (QED) is 0.736. The van der Waals surface area contributed by atoms with E-state index < -0.39 is 0 Å². The molecule has 0 spiro atoms. The first-order chi connectivity index (χ1) is 9.33. The SMILES string of the molecule is Nc1nc2ccccc2nc1NCc1cccnn1. The summed E-state index contributed by atoms with van der Waals surface area (Å²) < 4.78 is 0. The average Bonchev–Trinajstić information content (AvgIpc) is 2.46. The molecular formula is C13H12N6. The van der Waals surface area contributed by atoms with Crippen LogP contribution < -0.4 is 11.1 Å². The van der Waals surface area contributed by atoms with Crippen molar-refractivity contribution in [3.05, 3.63) is 48.3 Å². The Hall–Kier alpha value is -2.76. The number of para-hydroxylation sites is 2. The first kappa shape index (κ1) is 11.3. The highest BCUT2D eigenvalue weighted by molar-refractivity contribution is 5.79. The second kappa shape index (κ2) is 4.85. The van der Waals surface area contributed by atoms with Crippen LogP contribution in [0.2, 0.25) is 0 Å². The number of rotatable bonds is 3. The van der Waals surface area contributed by atoms with Crippen LogP contribution in [0, 0.1) is 0 Å². The molecule has 0 saturated heterocycles. The van der Waals surface area contributed by atoms with Crippen molar-refractivity contribution < 1.29 is 0 Å². The monoisotopic (exact) mass is 252 g/mol. The number of nitrogens with two attached hydrogens (primary N) is 1. The lowest BCUT2D eigenvalue weighted by molar-refractivity contribution is 0.921. The minimum absolute atomic E-state index is 0.377. The Morgan fingerprint density at radius 3 is 2.53 bits per heavy atom. The summed E-state index contributed by atoms with van der Waals surface area (Å²) in [5, 5.41) is 10.9. The van der Waals surface area contributed by atoms with E-state index in [4.69, 9.17) is 5.73 Å². The minimum Gasteiger partial charge on any atom is -0.381 e. The molecule has 0 aliphatic rings. The molecule has 0 unspecified atom stereocenters. The Kier molecular flexibility index (Phi) is 2.89. The molecule has 3 rings (SSSR count). The normalized spacial score (nSPS) is 10.5. The number of nitrogens with one attached hydrogen (secondary N) is 1. The van der Waals surface area contributed by atoms with E-state index >= 15 is 0 Å². The fourth-order valence-corrected chi connectivity index (χ4v) is 1.75. The molecule has 2 heterocycles. The van der Waals surface area contributed by atoms with Gasteiger partial charge in [0.1, 0.15) is 0 Å². The number of hydrogen-bond donors (Lipinski definition) is 2. The van der Waals surface area contributed by atoms with Crippen LogP contribution in [0.4, 0.5) is 11.6 Å². The van der Waals surface area contributed by atoms with Crippen LogP contribution in [0.3, 0.4) is 0 Å². The van der Waals surface area contributed by atoms with E-state index in [1.807, 2.05) is 36.4 Å². The van der Waals surface area contributed by atoms with E-state index in [9.17, 15) is 0 Å². The van der Waals surface area contributed by atoms with Crippen LogP contribution in [0.5, 0.6) is 0 Å². The number of benzene rings is 1. The zero-order valence-electron chi connectivity index (χ0n) is 10.1. The molecule has 2 aromatic heterocycles. The Bertz CT molecular complexity index is 698. The highest BCUT2D eigenvalue weighted by Gasteiger charge is 2.05. The first-order valence-corrected chi connectivity index (χ1v) is 5.85. The van der Waals surface area contributed by atoms with Gasteiger partial charge in [0.2, 0.25) is 0 Å². The molecule has 3 aromatic rings. The molecule has 0 atom stereocenters. The zero-order chi connectivity index (χ0) is 13.1. The smallest absolute Gasteiger partial charge is 0.169 e. The number of hydrogen-bond acceptors (Lipinski definition) is 6. The lowest BCUT2D eigenvalue weighted by atomic mass is 10.3. The summed E-state index contributed by atoms with van der Waals surface area (Å²) in [5.41, 5.74) is 8.28. The number of anilines is 2. The van der Waals surface area contributed by atoms with Crippen molar-refractivity contribution >= 4 is 22.7 Å². The lowest BCUT2D eigenvalue weighted by Gasteiger charge is -2.08. The largest absolute Gasteiger partial charge is 0.381 e. The van der Waals surface area contributed by atoms with Crippen LogP contribution >= 0.6 is 0 Å². The van der Waals surface area contributed by atoms with Crippen molar-refractivity contribution in [2.45, 2.75) is 6.54 Å². The minimum atomic E-state index is 0.377. The Labute approximate surface area is 109 Å². The van der Waals surface area contributed by atoms with Gasteiger partial charge in [-0.3, -0.25) is 0 Å². The van der Waals surface area contributed by atoms with Gasteiger partial charge in [0.25, 0.3) is 0 Å². The molecule has 1 aromatic carbocycles. The van der Waals surface area contributed by atoms with Crippen LogP contribution in [0.1, 0.15) is 5.69 Å². The van der Waals surface area contributed by atoms with Gasteiger partial charge in [0, 0.05) is 6.20 Å². The summed E-state index contributed by atoms with van der Waals surface area (Å²) in [5.74, 6) is 0.937. The second-order valence-electron chi connectivity index (χ2n) is 4.01. The maximum atomic E-state index is 5.88. The molecule has 0 radical (unpaired) electrons. The van der Waals surface area contributed by atoms with Crippen molar-refractivity contribution in [2.24, 2.45) is 0 Å². The van der Waals surface area contributed by atoms with E-state index in [-0.39, 0.29) is 0 Å². The third-order valence-electron chi connectivity index (χ3n) is 2.66. The first-order valence-electron chi connectivity index (χ1n) is 5.85. The van der Waals surface area contributed by atoms with Gasteiger partial charge in [-0.2, -0.15) is 10.2 Å². The van der Waals surface area contributed by atoms with Crippen LogP contribution in [0.25, 0.3) is 11.0 Å². The van der Waals surface area contributed by atoms with Gasteiger partial charge < -0.3 is 11.1 Å². The molecule has 94 valence electrons. The summed E-state index contributed by atoms with van der Waals surface area (Å²) in [6, 6.07) is 11.3. The van der Waals surface area contributed by atoms with Gasteiger partial charge in [-0.25, -0.2) is 9.97 Å². The molecule has 0 saturated carbocycles. The van der Waals surface area contributed by atoms with Crippen molar-refractivity contribution in [2.75, 3.05) is 11.1 Å². The Balaban J connectivity index is 1.86. The van der Waals surface area contributed by atoms with Crippen molar-refractivity contribution in [1.29, 1.82) is 0 Å². The summed E-state index contributed by atoms with van der Waals surface area (Å²) in [6.07, 6.45) is 1.63.